The maximum atomic E-state index is 13.4. The van der Waals surface area contributed by atoms with E-state index in [2.05, 4.69) is 5.10 Å². The third-order valence-corrected chi connectivity index (χ3v) is 7.27. The highest BCUT2D eigenvalue weighted by Crippen LogP contribution is 2.41. The van der Waals surface area contributed by atoms with Gasteiger partial charge in [-0.2, -0.15) is 23.0 Å². The van der Waals surface area contributed by atoms with Gasteiger partial charge in [-0.1, -0.05) is 11.6 Å². The van der Waals surface area contributed by atoms with E-state index in [1.807, 2.05) is 11.9 Å². The molecule has 2 amide bonds. The molecule has 0 N–H and O–H groups in total. The van der Waals surface area contributed by atoms with Gasteiger partial charge in [0.1, 0.15) is 0 Å². The second kappa shape index (κ2) is 9.22. The monoisotopic (exact) mass is 497 g/mol. The molecule has 184 valence electrons. The van der Waals surface area contributed by atoms with Gasteiger partial charge in [0.15, 0.2) is 0 Å². The SMILES string of the molecule is CC(=O)N(C)c1cnn(C(=O)N2CC3CC(N(C)Cc4cc(Cl)ccc4C(F)(F)F)C[C@@H]3C2)c1. The van der Waals surface area contributed by atoms with Gasteiger partial charge in [-0.05, 0) is 55.5 Å². The Morgan fingerprint density at radius 1 is 1.18 bits per heavy atom. The van der Waals surface area contributed by atoms with Crippen LogP contribution in [0.3, 0.4) is 0 Å². The van der Waals surface area contributed by atoms with Gasteiger partial charge < -0.3 is 9.80 Å². The first-order valence-corrected chi connectivity index (χ1v) is 11.5. The number of hydrogen-bond acceptors (Lipinski definition) is 4. The standard InChI is InChI=1S/C23H27ClF3N5O2/c1-14(33)30(3)20-9-28-32(13-20)22(34)31-11-15-7-19(8-16(15)12-31)29(2)10-17-6-18(24)4-5-21(17)23(25,26)27/h4-6,9,13,15-16,19H,7-8,10-12H2,1-3H3/t15-,16?,19?/m1/s1. The molecule has 2 heterocycles. The van der Waals surface area contributed by atoms with Crippen LogP contribution in [0.2, 0.25) is 5.02 Å². The predicted molar refractivity (Wildman–Crippen MR) is 122 cm³/mol. The van der Waals surface area contributed by atoms with E-state index >= 15 is 0 Å². The molecule has 1 saturated carbocycles. The van der Waals surface area contributed by atoms with Crippen LogP contribution in [-0.4, -0.2) is 64.7 Å². The fraction of sp³-hybridized carbons (Fsp3) is 0.522. The van der Waals surface area contributed by atoms with Crippen molar-refractivity contribution in [2.75, 3.05) is 32.1 Å². The summed E-state index contributed by atoms with van der Waals surface area (Å²) in [5, 5.41) is 4.39. The molecule has 1 aliphatic carbocycles. The van der Waals surface area contributed by atoms with Crippen molar-refractivity contribution in [3.8, 4) is 0 Å². The minimum Gasteiger partial charge on any atom is -0.322 e. The molecule has 1 aromatic heterocycles. The first-order valence-electron chi connectivity index (χ1n) is 11.1. The summed E-state index contributed by atoms with van der Waals surface area (Å²) >= 11 is 5.97. The molecule has 0 radical (unpaired) electrons. The van der Waals surface area contributed by atoms with E-state index in [4.69, 9.17) is 11.6 Å². The van der Waals surface area contributed by atoms with Gasteiger partial charge in [-0.15, -0.1) is 0 Å². The summed E-state index contributed by atoms with van der Waals surface area (Å²) in [6.45, 7) is 2.75. The van der Waals surface area contributed by atoms with Crippen molar-refractivity contribution < 1.29 is 22.8 Å². The number of aromatic nitrogens is 2. The summed E-state index contributed by atoms with van der Waals surface area (Å²) in [5.74, 6) is 0.415. The number of carbonyl (C=O) groups excluding carboxylic acids is 2. The summed E-state index contributed by atoms with van der Waals surface area (Å²) in [4.78, 5) is 29.6. The molecule has 4 rings (SSSR count). The van der Waals surface area contributed by atoms with Crippen LogP contribution in [0.15, 0.2) is 30.6 Å². The van der Waals surface area contributed by atoms with Crippen LogP contribution >= 0.6 is 11.6 Å². The molecule has 0 spiro atoms. The molecule has 0 bridgehead atoms. The molecule has 11 heteroatoms. The number of amides is 2. The average molecular weight is 498 g/mol. The van der Waals surface area contributed by atoms with Gasteiger partial charge in [0.2, 0.25) is 5.91 Å². The smallest absolute Gasteiger partial charge is 0.322 e. The number of rotatable bonds is 4. The number of likely N-dealkylation sites (tertiary alicyclic amines) is 1. The number of benzene rings is 1. The fourth-order valence-electron chi connectivity index (χ4n) is 5.07. The molecule has 7 nitrogen and oxygen atoms in total. The van der Waals surface area contributed by atoms with Gasteiger partial charge in [-0.25, -0.2) is 4.79 Å². The lowest BCUT2D eigenvalue weighted by molar-refractivity contribution is -0.138. The molecule has 1 aliphatic heterocycles. The quantitative estimate of drug-likeness (QED) is 0.630. The Morgan fingerprint density at radius 3 is 2.41 bits per heavy atom. The number of nitrogens with zero attached hydrogens (tertiary/aromatic N) is 5. The maximum Gasteiger partial charge on any atom is 0.416 e. The zero-order valence-electron chi connectivity index (χ0n) is 19.2. The van der Waals surface area contributed by atoms with Crippen molar-refractivity contribution >= 4 is 29.2 Å². The van der Waals surface area contributed by atoms with E-state index in [9.17, 15) is 22.8 Å². The van der Waals surface area contributed by atoms with E-state index in [0.29, 0.717) is 18.8 Å². The van der Waals surface area contributed by atoms with E-state index in [-0.39, 0.29) is 46.9 Å². The van der Waals surface area contributed by atoms with Crippen molar-refractivity contribution in [2.24, 2.45) is 11.8 Å². The van der Waals surface area contributed by atoms with E-state index in [1.165, 1.54) is 41.0 Å². The highest BCUT2D eigenvalue weighted by molar-refractivity contribution is 6.30. The van der Waals surface area contributed by atoms with E-state index < -0.39 is 11.7 Å². The molecule has 1 saturated heterocycles. The van der Waals surface area contributed by atoms with E-state index in [0.717, 1.165) is 18.9 Å². The van der Waals surface area contributed by atoms with Crippen LogP contribution in [0.1, 0.15) is 30.9 Å². The van der Waals surface area contributed by atoms with Gasteiger partial charge in [-0.3, -0.25) is 9.69 Å². The topological polar surface area (TPSA) is 61.7 Å². The Balaban J connectivity index is 1.37. The van der Waals surface area contributed by atoms with Crippen LogP contribution in [0.25, 0.3) is 0 Å². The Hall–Kier alpha value is -2.59. The highest BCUT2D eigenvalue weighted by Gasteiger charge is 2.44. The lowest BCUT2D eigenvalue weighted by Gasteiger charge is -2.27. The minimum absolute atomic E-state index is 0.132. The van der Waals surface area contributed by atoms with Crippen LogP contribution < -0.4 is 4.90 Å². The molecule has 1 aromatic carbocycles. The Labute approximate surface area is 201 Å². The molecule has 2 fully saturated rings. The van der Waals surface area contributed by atoms with Crippen molar-refractivity contribution in [2.45, 2.75) is 38.5 Å². The number of fused-ring (bicyclic) bond motifs is 1. The summed E-state index contributed by atoms with van der Waals surface area (Å²) in [6.07, 6.45) is 0.206. The minimum atomic E-state index is -4.43. The predicted octanol–water partition coefficient (Wildman–Crippen LogP) is 4.35. The van der Waals surface area contributed by atoms with E-state index in [1.54, 1.807) is 11.9 Å². The largest absolute Gasteiger partial charge is 0.416 e. The number of hydrogen-bond donors (Lipinski definition) is 0. The Morgan fingerprint density at radius 2 is 1.82 bits per heavy atom. The highest BCUT2D eigenvalue weighted by atomic mass is 35.5. The summed E-state index contributed by atoms with van der Waals surface area (Å²) in [6, 6.07) is 3.58. The number of anilines is 1. The molecular weight excluding hydrogens is 471 g/mol. The van der Waals surface area contributed by atoms with Crippen LogP contribution in [0.4, 0.5) is 23.7 Å². The molecule has 2 unspecified atom stereocenters. The van der Waals surface area contributed by atoms with Crippen molar-refractivity contribution in [1.29, 1.82) is 0 Å². The van der Waals surface area contributed by atoms with Crippen molar-refractivity contribution in [1.82, 2.24) is 19.6 Å². The summed E-state index contributed by atoms with van der Waals surface area (Å²) in [7, 11) is 3.46. The Bertz CT molecular complexity index is 1070. The lowest BCUT2D eigenvalue weighted by Crippen LogP contribution is -2.36. The summed E-state index contributed by atoms with van der Waals surface area (Å²) < 4.78 is 41.5. The Kier molecular flexibility index (Phi) is 6.65. The van der Waals surface area contributed by atoms with Crippen LogP contribution in [0.5, 0.6) is 0 Å². The molecule has 2 aromatic rings. The fourth-order valence-corrected chi connectivity index (χ4v) is 5.26. The zero-order valence-corrected chi connectivity index (χ0v) is 20.0. The number of halogens is 4. The van der Waals surface area contributed by atoms with Gasteiger partial charge in [0.05, 0.1) is 23.6 Å². The normalized spacial score (nSPS) is 22.4. The van der Waals surface area contributed by atoms with Gasteiger partial charge in [0, 0.05) is 44.7 Å². The molecule has 2 aliphatic rings. The molecule has 34 heavy (non-hydrogen) atoms. The number of alkyl halides is 3. The second-order valence-corrected chi connectivity index (χ2v) is 9.70. The van der Waals surface area contributed by atoms with Crippen molar-refractivity contribution in [3.05, 3.63) is 46.7 Å². The average Bonchev–Trinajstić information content (AvgIpc) is 3.46. The third-order valence-electron chi connectivity index (χ3n) is 7.04. The lowest BCUT2D eigenvalue weighted by atomic mass is 10.0. The first kappa shape index (κ1) is 24.5. The molecular formula is C23H27ClF3N5O2. The van der Waals surface area contributed by atoms with Gasteiger partial charge in [0.25, 0.3) is 0 Å². The summed E-state index contributed by atoms with van der Waals surface area (Å²) in [5.41, 5.74) is 0.0512. The second-order valence-electron chi connectivity index (χ2n) is 9.27. The number of carbonyl (C=O) groups is 2. The van der Waals surface area contributed by atoms with Crippen molar-refractivity contribution in [3.63, 3.8) is 0 Å². The van der Waals surface area contributed by atoms with Crippen LogP contribution in [0, 0.1) is 11.8 Å². The first-order chi connectivity index (χ1) is 15.9. The molecule has 3 atom stereocenters. The zero-order chi connectivity index (χ0) is 24.8. The van der Waals surface area contributed by atoms with Gasteiger partial charge >= 0.3 is 12.2 Å². The maximum absolute atomic E-state index is 13.4. The van der Waals surface area contributed by atoms with Crippen LogP contribution in [-0.2, 0) is 17.5 Å². The third kappa shape index (κ3) is 4.93.